The molecule has 0 atom stereocenters. The molecule has 6 heteroatoms. The van der Waals surface area contributed by atoms with E-state index in [1.165, 1.54) is 0 Å². The molecular formula is C15H21BrN2O2S. The summed E-state index contributed by atoms with van der Waals surface area (Å²) in [4.78, 5) is 14.1. The van der Waals surface area contributed by atoms with E-state index in [1.807, 2.05) is 32.6 Å². The third-order valence-corrected chi connectivity index (χ3v) is 3.81. The van der Waals surface area contributed by atoms with Crippen molar-refractivity contribution in [2.45, 2.75) is 33.8 Å². The van der Waals surface area contributed by atoms with Crippen LogP contribution in [0.15, 0.2) is 22.7 Å². The summed E-state index contributed by atoms with van der Waals surface area (Å²) in [6.07, 6.45) is 0.0798. The van der Waals surface area contributed by atoms with Gasteiger partial charge in [0.1, 0.15) is 5.75 Å². The number of nitrogens with zero attached hydrogens (tertiary/aromatic N) is 1. The maximum atomic E-state index is 12.2. The molecule has 4 nitrogen and oxygen atoms in total. The van der Waals surface area contributed by atoms with E-state index in [0.29, 0.717) is 16.4 Å². The van der Waals surface area contributed by atoms with Gasteiger partial charge >= 0.3 is 0 Å². The molecule has 0 aliphatic heterocycles. The van der Waals surface area contributed by atoms with Crippen LogP contribution in [0, 0.1) is 0 Å². The normalized spacial score (nSPS) is 10.4. The second-order valence-electron chi connectivity index (χ2n) is 4.74. The largest absolute Gasteiger partial charge is 0.490 e. The molecule has 1 N–H and O–H groups in total. The van der Waals surface area contributed by atoms with E-state index < -0.39 is 0 Å². The molecule has 0 bridgehead atoms. The Hall–Kier alpha value is -1.14. The summed E-state index contributed by atoms with van der Waals surface area (Å²) in [5.74, 6) is 0.497. The Bertz CT molecular complexity index is 516. The van der Waals surface area contributed by atoms with E-state index in [-0.39, 0.29) is 12.0 Å². The molecule has 1 aromatic rings. The first-order valence-electron chi connectivity index (χ1n) is 6.95. The summed E-state index contributed by atoms with van der Waals surface area (Å²) >= 11 is 8.64. The highest BCUT2D eigenvalue weighted by molar-refractivity contribution is 9.10. The van der Waals surface area contributed by atoms with Crippen LogP contribution in [0.4, 0.5) is 0 Å². The summed E-state index contributed by atoms with van der Waals surface area (Å²) < 4.78 is 6.37. The molecule has 0 heterocycles. The topological polar surface area (TPSA) is 41.6 Å². The molecule has 0 aromatic heterocycles. The van der Waals surface area contributed by atoms with Gasteiger partial charge in [-0.3, -0.25) is 10.1 Å². The molecule has 1 aromatic carbocycles. The Morgan fingerprint density at radius 2 is 2.00 bits per heavy atom. The molecule has 116 valence electrons. The molecule has 0 unspecified atom stereocenters. The van der Waals surface area contributed by atoms with E-state index >= 15 is 0 Å². The van der Waals surface area contributed by atoms with Crippen LogP contribution in [-0.2, 0) is 0 Å². The first-order chi connectivity index (χ1) is 9.88. The lowest BCUT2D eigenvalue weighted by molar-refractivity contribution is 0.0973. The van der Waals surface area contributed by atoms with Gasteiger partial charge < -0.3 is 9.64 Å². The molecule has 0 aliphatic rings. The Morgan fingerprint density at radius 1 is 1.38 bits per heavy atom. The average Bonchev–Trinajstić information content (AvgIpc) is 2.41. The Morgan fingerprint density at radius 3 is 2.48 bits per heavy atom. The van der Waals surface area contributed by atoms with Crippen molar-refractivity contribution in [2.24, 2.45) is 0 Å². The van der Waals surface area contributed by atoms with Gasteiger partial charge in [0.05, 0.1) is 10.6 Å². The molecule has 1 rings (SSSR count). The second-order valence-corrected chi connectivity index (χ2v) is 5.98. The van der Waals surface area contributed by atoms with Crippen molar-refractivity contribution in [1.29, 1.82) is 0 Å². The maximum absolute atomic E-state index is 12.2. The van der Waals surface area contributed by atoms with Crippen molar-refractivity contribution in [3.8, 4) is 5.75 Å². The Labute approximate surface area is 140 Å². The summed E-state index contributed by atoms with van der Waals surface area (Å²) in [7, 11) is 0. The summed E-state index contributed by atoms with van der Waals surface area (Å²) in [5, 5.41) is 3.19. The van der Waals surface area contributed by atoms with Gasteiger partial charge in [-0.1, -0.05) is 0 Å². The van der Waals surface area contributed by atoms with Crippen molar-refractivity contribution in [2.75, 3.05) is 13.1 Å². The molecule has 0 saturated carbocycles. The Kier molecular flexibility index (Phi) is 7.11. The monoisotopic (exact) mass is 372 g/mol. The number of ether oxygens (including phenoxy) is 1. The summed E-state index contributed by atoms with van der Waals surface area (Å²) in [6, 6.07) is 5.24. The van der Waals surface area contributed by atoms with Crippen LogP contribution in [0.25, 0.3) is 0 Å². The standard InChI is InChI=1S/C15H21BrN2O2S/c1-5-18(6-2)15(21)17-14(19)11-7-8-13(12(16)9-11)20-10(3)4/h7-10H,5-6H2,1-4H3,(H,17,19,21). The van der Waals surface area contributed by atoms with Gasteiger partial charge in [-0.25, -0.2) is 0 Å². The van der Waals surface area contributed by atoms with E-state index in [4.69, 9.17) is 17.0 Å². The number of amides is 1. The predicted molar refractivity (Wildman–Crippen MR) is 92.9 cm³/mol. The fourth-order valence-corrected chi connectivity index (χ4v) is 2.57. The van der Waals surface area contributed by atoms with Gasteiger partial charge in [0.2, 0.25) is 0 Å². The van der Waals surface area contributed by atoms with E-state index in [2.05, 4.69) is 21.2 Å². The van der Waals surface area contributed by atoms with Gasteiger partial charge in [0.25, 0.3) is 5.91 Å². The number of hydrogen-bond donors (Lipinski definition) is 1. The third kappa shape index (κ3) is 5.28. The van der Waals surface area contributed by atoms with Gasteiger partial charge in [-0.15, -0.1) is 0 Å². The zero-order chi connectivity index (χ0) is 16.0. The van der Waals surface area contributed by atoms with E-state index in [1.54, 1.807) is 18.2 Å². The van der Waals surface area contributed by atoms with Gasteiger partial charge in [-0.2, -0.15) is 0 Å². The van der Waals surface area contributed by atoms with Crippen LogP contribution < -0.4 is 10.1 Å². The zero-order valence-corrected chi connectivity index (χ0v) is 15.2. The van der Waals surface area contributed by atoms with Crippen molar-refractivity contribution in [1.82, 2.24) is 10.2 Å². The fourth-order valence-electron chi connectivity index (χ4n) is 1.75. The first kappa shape index (κ1) is 17.9. The average molecular weight is 373 g/mol. The van der Waals surface area contributed by atoms with Crippen molar-refractivity contribution in [3.05, 3.63) is 28.2 Å². The SMILES string of the molecule is CCN(CC)C(=S)NC(=O)c1ccc(OC(C)C)c(Br)c1. The fraction of sp³-hybridized carbons (Fsp3) is 0.467. The van der Waals surface area contributed by atoms with Crippen LogP contribution in [0.5, 0.6) is 5.75 Å². The minimum Gasteiger partial charge on any atom is -0.490 e. The van der Waals surface area contributed by atoms with Crippen LogP contribution >= 0.6 is 28.1 Å². The third-order valence-electron chi connectivity index (χ3n) is 2.83. The predicted octanol–water partition coefficient (Wildman–Crippen LogP) is 3.59. The quantitative estimate of drug-likeness (QED) is 0.801. The highest BCUT2D eigenvalue weighted by atomic mass is 79.9. The number of rotatable bonds is 5. The maximum Gasteiger partial charge on any atom is 0.257 e. The molecule has 0 aliphatic carbocycles. The number of carbonyl (C=O) groups excluding carboxylic acids is 1. The molecule has 0 saturated heterocycles. The van der Waals surface area contributed by atoms with Crippen LogP contribution in [-0.4, -0.2) is 35.1 Å². The van der Waals surface area contributed by atoms with Crippen LogP contribution in [0.3, 0.4) is 0 Å². The number of hydrogen-bond acceptors (Lipinski definition) is 3. The molecule has 0 radical (unpaired) electrons. The number of nitrogens with one attached hydrogen (secondary N) is 1. The van der Waals surface area contributed by atoms with Gasteiger partial charge in [0, 0.05) is 18.7 Å². The van der Waals surface area contributed by atoms with E-state index in [9.17, 15) is 4.79 Å². The van der Waals surface area contributed by atoms with Crippen LogP contribution in [0.2, 0.25) is 0 Å². The Balaban J connectivity index is 2.79. The molecule has 1 amide bonds. The van der Waals surface area contributed by atoms with Crippen LogP contribution in [0.1, 0.15) is 38.1 Å². The smallest absolute Gasteiger partial charge is 0.257 e. The van der Waals surface area contributed by atoms with Crippen molar-refractivity contribution < 1.29 is 9.53 Å². The second kappa shape index (κ2) is 8.34. The van der Waals surface area contributed by atoms with E-state index in [0.717, 1.165) is 17.6 Å². The lowest BCUT2D eigenvalue weighted by Crippen LogP contribution is -2.42. The highest BCUT2D eigenvalue weighted by Crippen LogP contribution is 2.26. The van der Waals surface area contributed by atoms with Crippen molar-refractivity contribution in [3.63, 3.8) is 0 Å². The highest BCUT2D eigenvalue weighted by Gasteiger charge is 2.13. The lowest BCUT2D eigenvalue weighted by Gasteiger charge is -2.21. The minimum absolute atomic E-state index is 0.0798. The van der Waals surface area contributed by atoms with Gasteiger partial charge in [-0.05, 0) is 74.0 Å². The number of benzene rings is 1. The molecular weight excluding hydrogens is 352 g/mol. The minimum atomic E-state index is -0.219. The first-order valence-corrected chi connectivity index (χ1v) is 8.15. The van der Waals surface area contributed by atoms with Gasteiger partial charge in [0.15, 0.2) is 5.11 Å². The number of halogens is 1. The number of carbonyl (C=O) groups is 1. The molecule has 0 fully saturated rings. The van der Waals surface area contributed by atoms with Crippen molar-refractivity contribution >= 4 is 39.2 Å². The lowest BCUT2D eigenvalue weighted by atomic mass is 10.2. The summed E-state index contributed by atoms with van der Waals surface area (Å²) in [5.41, 5.74) is 0.535. The molecule has 0 spiro atoms. The number of thiocarbonyl (C=S) groups is 1. The molecule has 21 heavy (non-hydrogen) atoms. The summed E-state index contributed by atoms with van der Waals surface area (Å²) in [6.45, 7) is 9.43. The zero-order valence-electron chi connectivity index (χ0n) is 12.8.